The SMILES string of the molecule is C.COCc1cc(OC)c2c(N)noc2c1.COCc1cc(OC)c2c(N)noc2c1I.COCc1cc(OC)c2c(NS(=O)(=O)c3c(OC)cccc3OC)noc2c1I.COc1cccc(OC)c1S(=O)(=O)Cl.I[I-]I(I)I(I)I(I)I.O=C1CCC(=O)N1I. The van der Waals surface area contributed by atoms with Crippen LogP contribution >= 0.6 is 195 Å². The molecule has 4 heterocycles. The second-order valence-electron chi connectivity index (χ2n) is 16.8. The smallest absolute Gasteiger partial charge is 0.238 e. The van der Waals surface area contributed by atoms with E-state index < -0.39 is 19.1 Å². The molecule has 0 aliphatic carbocycles. The number of halogens is 13. The van der Waals surface area contributed by atoms with Crippen LogP contribution in [-0.4, -0.2) is 118 Å². The first kappa shape index (κ1) is 86.7. The number of nitrogen functional groups attached to an aromatic ring is 2. The first-order valence-electron chi connectivity index (χ1n) is 24.3. The molecule has 0 saturated carbocycles. The summed E-state index contributed by atoms with van der Waals surface area (Å²) in [4.78, 5) is 20.7. The average Bonchev–Trinajstić information content (AvgIpc) is 1.54. The Hall–Kier alpha value is 0.480. The Kier molecular flexibility index (Phi) is 40.2. The van der Waals surface area contributed by atoms with Crippen molar-refractivity contribution in [1.82, 2.24) is 18.6 Å². The third kappa shape index (κ3) is 23.8. The number of nitrogens with zero attached hydrogens (tertiary/aromatic N) is 4. The van der Waals surface area contributed by atoms with Crippen LogP contribution in [0.25, 0.3) is 32.9 Å². The van der Waals surface area contributed by atoms with Gasteiger partial charge < -0.3 is 72.4 Å². The number of fused-ring (bicyclic) bond motifs is 3. The summed E-state index contributed by atoms with van der Waals surface area (Å²) in [5.41, 5.74) is 15.8. The molecule has 0 atom stereocenters. The van der Waals surface area contributed by atoms with Gasteiger partial charge in [0.2, 0.25) is 11.8 Å². The number of methoxy groups -OCH3 is 10. The van der Waals surface area contributed by atoms with Crippen molar-refractivity contribution in [2.45, 2.75) is 49.9 Å². The maximum atomic E-state index is 13.1. The Morgan fingerprint density at radius 1 is 0.598 bits per heavy atom. The van der Waals surface area contributed by atoms with Crippen LogP contribution in [-0.2, 0) is 62.7 Å². The number of imide groups is 1. The van der Waals surface area contributed by atoms with Gasteiger partial charge in [-0.2, -0.15) is 0 Å². The fraction of sp³-hybridized carbons (Fsp3) is 0.314. The number of rotatable bonds is 20. The standard InChI is InChI=1S/C18H19IN2O7S.C10H11IN2O3.C10H12N2O3.C8H9ClO4S.C4H4INO2.CH4.I9/c1-24-9-10-8-13(27-4)14-16(15(10)19)28-20-18(14)21-29(22,23)17-11(25-2)6-5-7-12(17)26-3;1-14-4-5-3-6(15-2)7-9(8(5)11)16-13-10(7)12;1-13-5-6-3-7(14-2)9-8(4-6)15-12-10(9)11;1-12-6-4-3-5-7(13-2)8(6)14(9,10)11;5-6-3(7)1-2-4(6)8;;1-6-8(4)9(5)7(2)3/h5-8H,9H2,1-4H3,(H,20,21);3H,4H2,1-2H3,(H2,12,13);3-4H,5H2,1-2H3,(H2,11,12);3-5H,1-2H3;1-2H2;1H4;/q;;;;;;-1. The Balaban J connectivity index is 0.000000304. The van der Waals surface area contributed by atoms with Crippen molar-refractivity contribution in [1.29, 1.82) is 0 Å². The minimum absolute atomic E-state index is 0. The van der Waals surface area contributed by atoms with Crippen molar-refractivity contribution in [3.63, 3.8) is 0 Å². The summed E-state index contributed by atoms with van der Waals surface area (Å²) in [5, 5.41) is 13.2. The summed E-state index contributed by atoms with van der Waals surface area (Å²) in [6, 6.07) is 16.6. The summed E-state index contributed by atoms with van der Waals surface area (Å²) in [7, 11) is 11.4. The third-order valence-electron chi connectivity index (χ3n) is 11.4. The van der Waals surface area contributed by atoms with Gasteiger partial charge in [0.05, 0.1) is 99.6 Å². The predicted molar refractivity (Wildman–Crippen MR) is 445 cm³/mol. The van der Waals surface area contributed by atoms with E-state index >= 15 is 0 Å². The van der Waals surface area contributed by atoms with Gasteiger partial charge in [0.1, 0.15) is 56.4 Å². The fourth-order valence-electron chi connectivity index (χ4n) is 7.59. The molecule has 41 heteroatoms. The number of nitrogens with one attached hydrogen (secondary N) is 1. The molecule has 3 aromatic heterocycles. The number of nitrogens with two attached hydrogens (primary N) is 2. The number of carbonyl (C=O) groups is 2. The minimum atomic E-state index is -4.12. The number of ether oxygens (including phenoxy) is 10. The number of carbonyl (C=O) groups excluding carboxylic acids is 2. The molecule has 1 aliphatic heterocycles. The molecule has 2 amide bonds. The molecule has 92 heavy (non-hydrogen) atoms. The Labute approximate surface area is 645 Å². The molecule has 1 aliphatic rings. The normalized spacial score (nSPS) is 12.2. The zero-order valence-corrected chi connectivity index (χ0v) is 77.0. The third-order valence-corrected chi connectivity index (χ3v) is 431. The van der Waals surface area contributed by atoms with Crippen molar-refractivity contribution in [3.05, 3.63) is 84.5 Å². The Morgan fingerprint density at radius 2 is 1.00 bits per heavy atom. The van der Waals surface area contributed by atoms with E-state index in [1.54, 1.807) is 76.6 Å². The quantitative estimate of drug-likeness (QED) is 0.0276. The molecule has 1 saturated heterocycles. The molecule has 9 rings (SSSR count). The van der Waals surface area contributed by atoms with Crippen LogP contribution in [0.5, 0.6) is 40.2 Å². The summed E-state index contributed by atoms with van der Waals surface area (Å²) < 4.78 is 121. The van der Waals surface area contributed by atoms with Gasteiger partial charge in [-0.3, -0.25) is 14.3 Å². The summed E-state index contributed by atoms with van der Waals surface area (Å²) in [5.74, 6) is 2.83. The van der Waals surface area contributed by atoms with Crippen LogP contribution in [0.15, 0.2) is 84.0 Å². The second kappa shape index (κ2) is 42.7. The van der Waals surface area contributed by atoms with Crippen LogP contribution in [0.2, 0.25) is 0 Å². The number of aromatic nitrogens is 3. The van der Waals surface area contributed by atoms with Crippen molar-refractivity contribution < 1.29 is 101 Å². The molecule has 0 spiro atoms. The molecule has 5 N–H and O–H groups in total. The van der Waals surface area contributed by atoms with Crippen molar-refractivity contribution >= 4 is 277 Å². The molecule has 8 aromatic rings. The molecule has 1 fully saturated rings. The molecule has 26 nitrogen and oxygen atoms in total. The topological polar surface area (TPSA) is 340 Å². The van der Waals surface area contributed by atoms with Crippen molar-refractivity contribution in [2.75, 3.05) is 87.3 Å². The first-order chi connectivity index (χ1) is 43.1. The van der Waals surface area contributed by atoms with Crippen LogP contribution in [0, 0.1) is 7.14 Å². The largest absolute Gasteiger partial charge is 0.274 e. The molecular formula is C51H59ClI12N7O19S2-. The van der Waals surface area contributed by atoms with Gasteiger partial charge in [0.25, 0.3) is 19.1 Å². The van der Waals surface area contributed by atoms with Crippen LogP contribution in [0.4, 0.5) is 17.5 Å². The number of sulfonamides is 1. The molecule has 0 radical (unpaired) electrons. The zero-order chi connectivity index (χ0) is 68.1. The fourth-order valence-corrected chi connectivity index (χ4v) is 641. The van der Waals surface area contributed by atoms with E-state index in [2.05, 4.69) is 158 Å². The monoisotopic (exact) mass is 2700 g/mol. The summed E-state index contributed by atoms with van der Waals surface area (Å²) in [6.07, 6.45) is 0.781. The van der Waals surface area contributed by atoms with Crippen molar-refractivity contribution in [2.24, 2.45) is 0 Å². The average molecular weight is 2700 g/mol. The number of hydrogen-bond acceptors (Lipinski definition) is 24. The maximum absolute atomic E-state index is 13.1. The van der Waals surface area contributed by atoms with Gasteiger partial charge in [-0.05, 0) is 110 Å². The predicted octanol–water partition coefficient (Wildman–Crippen LogP) is 14.0. The summed E-state index contributed by atoms with van der Waals surface area (Å²) >= 11 is 20.6. The van der Waals surface area contributed by atoms with Crippen LogP contribution in [0.3, 0.4) is 0 Å². The van der Waals surface area contributed by atoms with Crippen molar-refractivity contribution in [3.8, 4) is 40.2 Å². The number of anilines is 3. The number of amides is 2. The zero-order valence-electron chi connectivity index (χ0n) is 48.7. The summed E-state index contributed by atoms with van der Waals surface area (Å²) in [6.45, 7) is 1.32. The van der Waals surface area contributed by atoms with Gasteiger partial charge in [0, 0.05) is 44.9 Å². The van der Waals surface area contributed by atoms with Gasteiger partial charge in [0.15, 0.2) is 44.0 Å². The molecule has 0 unspecified atom stereocenters. The van der Waals surface area contributed by atoms with Gasteiger partial charge >= 0.3 is 130 Å². The van der Waals surface area contributed by atoms with Gasteiger partial charge in [-0.1, -0.05) is 35.0 Å². The van der Waals surface area contributed by atoms with Crippen LogP contribution < -0.4 is 62.6 Å². The second-order valence-corrected chi connectivity index (χ2v) is 186. The van der Waals surface area contributed by atoms with E-state index in [0.29, 0.717) is 108 Å². The minimum Gasteiger partial charge on any atom is -0.274 e. The molecule has 5 aromatic carbocycles. The van der Waals surface area contributed by atoms with Crippen LogP contribution in [0.1, 0.15) is 37.0 Å². The Bertz CT molecular complexity index is 3930. The molecular weight excluding hydrogens is 2640 g/mol. The molecule has 516 valence electrons. The number of hydrogen-bond donors (Lipinski definition) is 3. The molecule has 0 bridgehead atoms. The first-order valence-corrected chi connectivity index (χ1v) is 81.5. The van der Waals surface area contributed by atoms with Gasteiger partial charge in [-0.15, -0.1) is 0 Å². The van der Waals surface area contributed by atoms with E-state index in [-0.39, 0.29) is 81.5 Å². The maximum Gasteiger partial charge on any atom is 0.238 e. The van der Waals surface area contributed by atoms with E-state index in [4.69, 9.17) is 83.1 Å². The van der Waals surface area contributed by atoms with E-state index in [1.165, 1.54) is 59.8 Å². The Morgan fingerprint density at radius 3 is 1.39 bits per heavy atom. The number of benzene rings is 5. The van der Waals surface area contributed by atoms with Gasteiger partial charge in [-0.25, -0.2) is 19.9 Å². The van der Waals surface area contributed by atoms with E-state index in [9.17, 15) is 26.4 Å². The van der Waals surface area contributed by atoms with E-state index in [1.807, 2.05) is 18.2 Å². The van der Waals surface area contributed by atoms with E-state index in [0.717, 1.165) is 26.9 Å².